The van der Waals surface area contributed by atoms with Gasteiger partial charge in [-0.15, -0.1) is 0 Å². The molecule has 2 aromatic rings. The first-order valence-electron chi connectivity index (χ1n) is 12.2. The van der Waals surface area contributed by atoms with E-state index in [1.54, 1.807) is 0 Å². The molecule has 35 heavy (non-hydrogen) atoms. The molecular formula is C27H30N2O6. The van der Waals surface area contributed by atoms with Crippen molar-refractivity contribution in [1.29, 1.82) is 0 Å². The van der Waals surface area contributed by atoms with Crippen LogP contribution in [0.3, 0.4) is 0 Å². The lowest BCUT2D eigenvalue weighted by molar-refractivity contribution is -0.148. The minimum Gasteiger partial charge on any atom is -0.481 e. The van der Waals surface area contributed by atoms with Gasteiger partial charge in [0.05, 0.1) is 18.6 Å². The summed E-state index contributed by atoms with van der Waals surface area (Å²) in [6, 6.07) is 14.7. The summed E-state index contributed by atoms with van der Waals surface area (Å²) in [5.41, 5.74) is 3.98. The molecule has 1 atom stereocenters. The molecule has 2 aliphatic heterocycles. The van der Waals surface area contributed by atoms with E-state index >= 15 is 0 Å². The topological polar surface area (TPSA) is 114 Å². The molecule has 6 rings (SSSR count). The lowest BCUT2D eigenvalue weighted by atomic mass is 9.76. The fraction of sp³-hybridized carbons (Fsp3) is 0.444. The van der Waals surface area contributed by atoms with Gasteiger partial charge in [-0.3, -0.25) is 9.59 Å². The molecule has 1 unspecified atom stereocenters. The third kappa shape index (κ3) is 4.89. The quantitative estimate of drug-likeness (QED) is 0.536. The van der Waals surface area contributed by atoms with Crippen LogP contribution >= 0.6 is 0 Å². The predicted octanol–water partition coefficient (Wildman–Crippen LogP) is 3.44. The van der Waals surface area contributed by atoms with Crippen LogP contribution in [-0.4, -0.2) is 54.5 Å². The van der Waals surface area contributed by atoms with Gasteiger partial charge in [0.2, 0.25) is 5.91 Å². The Hall–Kier alpha value is -3.39. The third-order valence-electron chi connectivity index (χ3n) is 7.56. The lowest BCUT2D eigenvalue weighted by Crippen LogP contribution is -2.55. The summed E-state index contributed by atoms with van der Waals surface area (Å²) in [5.74, 6) is -1.26. The molecule has 184 valence electrons. The number of amides is 2. The van der Waals surface area contributed by atoms with E-state index in [4.69, 9.17) is 9.47 Å². The number of carbonyl (C=O) groups excluding carboxylic acids is 2. The number of carboxylic acids is 1. The summed E-state index contributed by atoms with van der Waals surface area (Å²) < 4.78 is 11.5. The van der Waals surface area contributed by atoms with Gasteiger partial charge in [-0.25, -0.2) is 4.79 Å². The molecule has 8 heteroatoms. The van der Waals surface area contributed by atoms with Crippen molar-refractivity contribution in [3.8, 4) is 11.1 Å². The van der Waals surface area contributed by atoms with Crippen molar-refractivity contribution in [2.75, 3.05) is 19.8 Å². The molecule has 3 N–H and O–H groups in total. The van der Waals surface area contributed by atoms with Crippen molar-refractivity contribution in [3.63, 3.8) is 0 Å². The molecule has 0 radical (unpaired) electrons. The van der Waals surface area contributed by atoms with Crippen molar-refractivity contribution in [3.05, 3.63) is 59.7 Å². The monoisotopic (exact) mass is 478 g/mol. The lowest BCUT2D eigenvalue weighted by Gasteiger charge is -2.46. The Balaban J connectivity index is 1.20. The Morgan fingerprint density at radius 2 is 1.66 bits per heavy atom. The Labute approximate surface area is 204 Å². The second-order valence-corrected chi connectivity index (χ2v) is 9.78. The molecule has 2 aromatic carbocycles. The number of carbonyl (C=O) groups is 3. The fourth-order valence-corrected chi connectivity index (χ4v) is 5.57. The predicted molar refractivity (Wildman–Crippen MR) is 128 cm³/mol. The summed E-state index contributed by atoms with van der Waals surface area (Å²) in [7, 11) is 0. The first-order valence-corrected chi connectivity index (χ1v) is 12.2. The average molecular weight is 479 g/mol. The van der Waals surface area contributed by atoms with Crippen LogP contribution in [0.15, 0.2) is 48.5 Å². The molecule has 2 amide bonds. The van der Waals surface area contributed by atoms with Gasteiger partial charge in [0, 0.05) is 12.5 Å². The Morgan fingerprint density at radius 1 is 1.03 bits per heavy atom. The van der Waals surface area contributed by atoms with E-state index in [1.165, 1.54) is 0 Å². The Morgan fingerprint density at radius 3 is 2.23 bits per heavy atom. The average Bonchev–Trinajstić information content (AvgIpc) is 3.20. The van der Waals surface area contributed by atoms with Crippen LogP contribution in [0.5, 0.6) is 0 Å². The molecule has 4 aliphatic rings. The first kappa shape index (κ1) is 23.4. The molecule has 1 saturated carbocycles. The zero-order valence-corrected chi connectivity index (χ0v) is 19.5. The van der Waals surface area contributed by atoms with Crippen molar-refractivity contribution >= 4 is 18.0 Å². The summed E-state index contributed by atoms with van der Waals surface area (Å²) in [4.78, 5) is 36.8. The van der Waals surface area contributed by atoms with E-state index in [2.05, 4.69) is 10.6 Å². The van der Waals surface area contributed by atoms with Gasteiger partial charge >= 0.3 is 12.1 Å². The van der Waals surface area contributed by atoms with Crippen LogP contribution in [0.25, 0.3) is 11.1 Å². The zero-order valence-electron chi connectivity index (χ0n) is 19.5. The highest BCUT2D eigenvalue weighted by Crippen LogP contribution is 2.44. The van der Waals surface area contributed by atoms with Crippen LogP contribution in [0.4, 0.5) is 4.79 Å². The normalized spacial score (nSPS) is 23.1. The number of ether oxygens (including phenoxy) is 2. The molecule has 2 bridgehead atoms. The summed E-state index contributed by atoms with van der Waals surface area (Å²) >= 11 is 0. The van der Waals surface area contributed by atoms with Crippen LogP contribution < -0.4 is 10.6 Å². The van der Waals surface area contributed by atoms with Gasteiger partial charge in [0.1, 0.15) is 12.6 Å². The molecular weight excluding hydrogens is 448 g/mol. The summed E-state index contributed by atoms with van der Waals surface area (Å²) in [5, 5.41) is 14.5. The van der Waals surface area contributed by atoms with E-state index in [1.807, 2.05) is 48.5 Å². The van der Waals surface area contributed by atoms with Gasteiger partial charge in [0.15, 0.2) is 0 Å². The number of hydrogen-bond acceptors (Lipinski definition) is 5. The minimum absolute atomic E-state index is 0.0827. The highest BCUT2D eigenvalue weighted by atomic mass is 16.5. The number of alkyl carbamates (subject to hydrolysis) is 1. The second kappa shape index (κ2) is 9.70. The SMILES string of the molecule is O=C(O)CC(NC(=O)OCC1c2ccccc2-c2ccccc21)C(=O)NCC12CCC(CC1)CO2. The van der Waals surface area contributed by atoms with Gasteiger partial charge < -0.3 is 25.2 Å². The molecule has 8 nitrogen and oxygen atoms in total. The summed E-state index contributed by atoms with van der Waals surface area (Å²) in [6.45, 7) is 1.09. The molecule has 0 aromatic heterocycles. The van der Waals surface area contributed by atoms with E-state index in [-0.39, 0.29) is 18.1 Å². The second-order valence-electron chi connectivity index (χ2n) is 9.78. The molecule has 2 heterocycles. The molecule has 2 aliphatic carbocycles. The van der Waals surface area contributed by atoms with E-state index in [0.717, 1.165) is 47.9 Å². The first-order chi connectivity index (χ1) is 16.9. The number of aliphatic carboxylic acids is 1. The van der Waals surface area contributed by atoms with Gasteiger partial charge in [0.25, 0.3) is 0 Å². The van der Waals surface area contributed by atoms with Gasteiger partial charge in [-0.05, 0) is 53.9 Å². The third-order valence-corrected chi connectivity index (χ3v) is 7.56. The van der Waals surface area contributed by atoms with Crippen molar-refractivity contribution in [2.45, 2.75) is 49.7 Å². The number of hydrogen-bond donors (Lipinski definition) is 3. The zero-order chi connectivity index (χ0) is 24.4. The number of fused-ring (bicyclic) bond motifs is 6. The summed E-state index contributed by atoms with van der Waals surface area (Å²) in [6.07, 6.45) is 2.55. The van der Waals surface area contributed by atoms with Crippen molar-refractivity contribution in [2.24, 2.45) is 5.92 Å². The van der Waals surface area contributed by atoms with Gasteiger partial charge in [-0.1, -0.05) is 48.5 Å². The molecule has 3 fully saturated rings. The largest absolute Gasteiger partial charge is 0.481 e. The number of carboxylic acid groups (broad SMARTS) is 1. The Kier molecular flexibility index (Phi) is 6.47. The van der Waals surface area contributed by atoms with Crippen LogP contribution in [-0.2, 0) is 19.1 Å². The smallest absolute Gasteiger partial charge is 0.407 e. The maximum Gasteiger partial charge on any atom is 0.407 e. The van der Waals surface area contributed by atoms with Crippen molar-refractivity contribution in [1.82, 2.24) is 10.6 Å². The number of benzene rings is 2. The highest BCUT2D eigenvalue weighted by molar-refractivity contribution is 5.89. The van der Waals surface area contributed by atoms with Crippen LogP contribution in [0.2, 0.25) is 0 Å². The van der Waals surface area contributed by atoms with Gasteiger partial charge in [-0.2, -0.15) is 0 Å². The van der Waals surface area contributed by atoms with Crippen molar-refractivity contribution < 1.29 is 29.0 Å². The number of nitrogens with one attached hydrogen (secondary N) is 2. The maximum atomic E-state index is 12.8. The number of rotatable bonds is 8. The van der Waals surface area contributed by atoms with Crippen LogP contribution in [0, 0.1) is 5.92 Å². The standard InChI is InChI=1S/C27H30N2O6/c30-24(31)13-23(25(32)28-16-27-11-9-17(10-12-27)14-35-27)29-26(33)34-15-22-20-7-3-1-5-18(20)19-6-2-4-8-21(19)22/h1-8,17,22-23H,9-16H2,(H,28,32)(H,29,33)(H,30,31). The van der Waals surface area contributed by atoms with E-state index in [0.29, 0.717) is 19.1 Å². The highest BCUT2D eigenvalue weighted by Gasteiger charge is 2.42. The van der Waals surface area contributed by atoms with Crippen LogP contribution in [0.1, 0.15) is 49.1 Å². The maximum absolute atomic E-state index is 12.8. The molecule has 0 spiro atoms. The van der Waals surface area contributed by atoms with E-state index < -0.39 is 30.4 Å². The minimum atomic E-state index is -1.24. The molecule has 2 saturated heterocycles. The Bertz CT molecular complexity index is 1060. The fourth-order valence-electron chi connectivity index (χ4n) is 5.57. The van der Waals surface area contributed by atoms with E-state index in [9.17, 15) is 19.5 Å².